The van der Waals surface area contributed by atoms with Gasteiger partial charge in [-0.15, -0.1) is 0 Å². The van der Waals surface area contributed by atoms with E-state index in [9.17, 15) is 0 Å². The molecule has 0 nitrogen and oxygen atoms in total. The second-order valence-corrected chi connectivity index (χ2v) is 6.67. The van der Waals surface area contributed by atoms with Crippen LogP contribution in [0.3, 0.4) is 0 Å². The van der Waals surface area contributed by atoms with Gasteiger partial charge in [0.15, 0.2) is 0 Å². The molecule has 104 valence electrons. The van der Waals surface area contributed by atoms with Crippen molar-refractivity contribution >= 4 is 22.6 Å². The fourth-order valence-corrected chi connectivity index (χ4v) is 2.96. The zero-order valence-corrected chi connectivity index (χ0v) is 14.4. The Morgan fingerprint density at radius 3 is 1.57 bits per heavy atom. The summed E-state index contributed by atoms with van der Waals surface area (Å²) in [6.45, 7) is 4.25. The molecule has 1 heteroatoms. The zero-order chi connectivity index (χ0) is 14.8. The van der Waals surface area contributed by atoms with Gasteiger partial charge < -0.3 is 0 Å². The maximum absolute atomic E-state index is 2.38. The van der Waals surface area contributed by atoms with Crippen molar-refractivity contribution in [3.05, 3.63) is 81.4 Å². The van der Waals surface area contributed by atoms with Gasteiger partial charge in [0.1, 0.15) is 0 Å². The molecule has 0 N–H and O–H groups in total. The largest absolute Gasteiger partial charge is 0.0587 e. The lowest BCUT2D eigenvalue weighted by atomic mass is 9.94. The molecule has 0 heterocycles. The standard InChI is InChI=1S/C20H17I/c1-14-3-7-16(8-4-14)19-12-11-18(21)13-20(19)17-9-5-15(2)6-10-17/h3-13H,1-2H3. The lowest BCUT2D eigenvalue weighted by molar-refractivity contribution is 1.45. The van der Waals surface area contributed by atoms with E-state index in [4.69, 9.17) is 0 Å². The molecule has 3 rings (SSSR count). The van der Waals surface area contributed by atoms with Gasteiger partial charge in [-0.3, -0.25) is 0 Å². The summed E-state index contributed by atoms with van der Waals surface area (Å²) >= 11 is 2.38. The molecule has 0 radical (unpaired) electrons. The zero-order valence-electron chi connectivity index (χ0n) is 12.2. The van der Waals surface area contributed by atoms with E-state index >= 15 is 0 Å². The van der Waals surface area contributed by atoms with Crippen molar-refractivity contribution in [3.8, 4) is 22.3 Å². The van der Waals surface area contributed by atoms with E-state index in [1.54, 1.807) is 0 Å². The first-order chi connectivity index (χ1) is 10.1. The average Bonchev–Trinajstić information content (AvgIpc) is 2.49. The van der Waals surface area contributed by atoms with Gasteiger partial charge in [0.05, 0.1) is 0 Å². The van der Waals surface area contributed by atoms with Crippen molar-refractivity contribution in [1.29, 1.82) is 0 Å². The maximum Gasteiger partial charge on any atom is 0.0136 e. The highest BCUT2D eigenvalue weighted by Gasteiger charge is 2.08. The molecule has 0 aliphatic rings. The van der Waals surface area contributed by atoms with Gasteiger partial charge in [0.25, 0.3) is 0 Å². The highest BCUT2D eigenvalue weighted by molar-refractivity contribution is 14.1. The lowest BCUT2D eigenvalue weighted by Gasteiger charge is -2.12. The summed E-state index contributed by atoms with van der Waals surface area (Å²) in [7, 11) is 0. The van der Waals surface area contributed by atoms with Crippen LogP contribution >= 0.6 is 22.6 Å². The predicted molar refractivity (Wildman–Crippen MR) is 99.5 cm³/mol. The summed E-state index contributed by atoms with van der Waals surface area (Å²) < 4.78 is 1.26. The van der Waals surface area contributed by atoms with Crippen LogP contribution in [0, 0.1) is 17.4 Å². The van der Waals surface area contributed by atoms with Crippen LogP contribution in [0.25, 0.3) is 22.3 Å². The molecule has 0 spiro atoms. The SMILES string of the molecule is Cc1ccc(-c2ccc(I)cc2-c2ccc(C)cc2)cc1. The van der Waals surface area contributed by atoms with Gasteiger partial charge in [-0.05, 0) is 70.8 Å². The number of aryl methyl sites for hydroxylation is 2. The number of benzene rings is 3. The topological polar surface area (TPSA) is 0 Å². The van der Waals surface area contributed by atoms with E-state index in [1.165, 1.54) is 37.0 Å². The van der Waals surface area contributed by atoms with Gasteiger partial charge in [0, 0.05) is 3.57 Å². The van der Waals surface area contributed by atoms with Crippen LogP contribution < -0.4 is 0 Å². The molecule has 0 unspecified atom stereocenters. The Morgan fingerprint density at radius 2 is 1.05 bits per heavy atom. The Hall–Kier alpha value is -1.61. The first-order valence-corrected chi connectivity index (χ1v) is 8.15. The van der Waals surface area contributed by atoms with E-state index in [-0.39, 0.29) is 0 Å². The third-order valence-corrected chi connectivity index (χ3v) is 4.38. The predicted octanol–water partition coefficient (Wildman–Crippen LogP) is 6.24. The quantitative estimate of drug-likeness (QED) is 0.459. The summed E-state index contributed by atoms with van der Waals surface area (Å²) in [5.41, 5.74) is 7.72. The highest BCUT2D eigenvalue weighted by Crippen LogP contribution is 2.33. The molecule has 0 saturated carbocycles. The molecule has 0 atom stereocenters. The molecule has 3 aromatic rings. The van der Waals surface area contributed by atoms with Gasteiger partial charge in [0.2, 0.25) is 0 Å². The van der Waals surface area contributed by atoms with Crippen LogP contribution in [0.15, 0.2) is 66.7 Å². The van der Waals surface area contributed by atoms with Crippen molar-refractivity contribution < 1.29 is 0 Å². The van der Waals surface area contributed by atoms with Gasteiger partial charge >= 0.3 is 0 Å². The van der Waals surface area contributed by atoms with Crippen LogP contribution in [-0.4, -0.2) is 0 Å². The van der Waals surface area contributed by atoms with E-state index in [1.807, 2.05) is 0 Å². The van der Waals surface area contributed by atoms with Crippen molar-refractivity contribution in [2.75, 3.05) is 0 Å². The minimum Gasteiger partial charge on any atom is -0.0587 e. The number of hydrogen-bond donors (Lipinski definition) is 0. The van der Waals surface area contributed by atoms with Crippen LogP contribution in [0.5, 0.6) is 0 Å². The average molecular weight is 384 g/mol. The lowest BCUT2D eigenvalue weighted by Crippen LogP contribution is -1.87. The van der Waals surface area contributed by atoms with Gasteiger partial charge in [-0.2, -0.15) is 0 Å². The third kappa shape index (κ3) is 3.18. The molecule has 0 fully saturated rings. The highest BCUT2D eigenvalue weighted by atomic mass is 127. The first-order valence-electron chi connectivity index (χ1n) is 7.07. The van der Waals surface area contributed by atoms with Crippen molar-refractivity contribution in [2.24, 2.45) is 0 Å². The minimum atomic E-state index is 1.26. The van der Waals surface area contributed by atoms with Gasteiger partial charge in [-0.25, -0.2) is 0 Å². The summed E-state index contributed by atoms with van der Waals surface area (Å²) in [6, 6.07) is 24.2. The third-order valence-electron chi connectivity index (χ3n) is 3.71. The van der Waals surface area contributed by atoms with Gasteiger partial charge in [-0.1, -0.05) is 65.7 Å². The minimum absolute atomic E-state index is 1.26. The number of rotatable bonds is 2. The van der Waals surface area contributed by atoms with Crippen LogP contribution in [0.2, 0.25) is 0 Å². The Kier molecular flexibility index (Phi) is 4.11. The van der Waals surface area contributed by atoms with E-state index in [2.05, 4.69) is 103 Å². The second kappa shape index (κ2) is 6.02. The molecule has 0 aliphatic carbocycles. The normalized spacial score (nSPS) is 10.6. The molecule has 0 saturated heterocycles. The van der Waals surface area contributed by atoms with E-state index in [0.29, 0.717) is 0 Å². The molecule has 3 aromatic carbocycles. The summed E-state index contributed by atoms with van der Waals surface area (Å²) in [5, 5.41) is 0. The Bertz CT molecular complexity index is 753. The number of hydrogen-bond acceptors (Lipinski definition) is 0. The van der Waals surface area contributed by atoms with E-state index < -0.39 is 0 Å². The Balaban J connectivity index is 2.17. The summed E-state index contributed by atoms with van der Waals surface area (Å²) in [5.74, 6) is 0. The fourth-order valence-electron chi connectivity index (χ4n) is 2.47. The first kappa shape index (κ1) is 14.3. The van der Waals surface area contributed by atoms with Crippen LogP contribution in [-0.2, 0) is 0 Å². The smallest absolute Gasteiger partial charge is 0.0136 e. The summed E-state index contributed by atoms with van der Waals surface area (Å²) in [6.07, 6.45) is 0. The van der Waals surface area contributed by atoms with Crippen molar-refractivity contribution in [2.45, 2.75) is 13.8 Å². The molecule has 0 bridgehead atoms. The Labute approximate surface area is 140 Å². The number of halogens is 1. The second-order valence-electron chi connectivity index (χ2n) is 5.42. The molecular formula is C20H17I. The van der Waals surface area contributed by atoms with Crippen molar-refractivity contribution in [3.63, 3.8) is 0 Å². The molecule has 0 aliphatic heterocycles. The molecule has 0 aromatic heterocycles. The maximum atomic E-state index is 2.38. The van der Waals surface area contributed by atoms with Crippen LogP contribution in [0.1, 0.15) is 11.1 Å². The van der Waals surface area contributed by atoms with Crippen molar-refractivity contribution in [1.82, 2.24) is 0 Å². The molecule has 21 heavy (non-hydrogen) atoms. The van der Waals surface area contributed by atoms with E-state index in [0.717, 1.165) is 0 Å². The fraction of sp³-hybridized carbons (Fsp3) is 0.100. The Morgan fingerprint density at radius 1 is 0.571 bits per heavy atom. The molecular weight excluding hydrogens is 367 g/mol. The summed E-state index contributed by atoms with van der Waals surface area (Å²) in [4.78, 5) is 0. The molecule has 0 amide bonds. The van der Waals surface area contributed by atoms with Crippen LogP contribution in [0.4, 0.5) is 0 Å². The monoisotopic (exact) mass is 384 g/mol.